The molecule has 0 saturated carbocycles. The number of aromatic nitrogens is 2. The van der Waals surface area contributed by atoms with Gasteiger partial charge >= 0.3 is 0 Å². The van der Waals surface area contributed by atoms with Crippen molar-refractivity contribution in [2.45, 2.75) is 13.0 Å². The van der Waals surface area contributed by atoms with Gasteiger partial charge in [-0.1, -0.05) is 0 Å². The average Bonchev–Trinajstić information content (AvgIpc) is 2.48. The Morgan fingerprint density at radius 3 is 2.80 bits per heavy atom. The Morgan fingerprint density at radius 1 is 1.45 bits per heavy atom. The zero-order valence-electron chi connectivity index (χ0n) is 11.8. The highest BCUT2D eigenvalue weighted by molar-refractivity contribution is 5.93. The molecule has 1 aromatic heterocycles. The number of anilines is 1. The first-order valence-corrected chi connectivity index (χ1v) is 6.71. The van der Waals surface area contributed by atoms with Gasteiger partial charge in [0.1, 0.15) is 0 Å². The van der Waals surface area contributed by atoms with Crippen molar-refractivity contribution in [2.75, 3.05) is 45.3 Å². The molecule has 1 aliphatic heterocycles. The molecule has 1 amide bonds. The highest BCUT2D eigenvalue weighted by Gasteiger charge is 2.20. The molecular formula is C13H20N4O3. The van der Waals surface area contributed by atoms with Gasteiger partial charge in [-0.25, -0.2) is 9.97 Å². The van der Waals surface area contributed by atoms with Crippen molar-refractivity contribution in [3.05, 3.63) is 18.0 Å². The summed E-state index contributed by atoms with van der Waals surface area (Å²) in [5, 5.41) is 2.98. The first kappa shape index (κ1) is 14.7. The Bertz CT molecular complexity index is 432. The fraction of sp³-hybridized carbons (Fsp3) is 0.615. The minimum atomic E-state index is -0.123. The number of hydrogen-bond donors (Lipinski definition) is 1. The Balaban J connectivity index is 1.91. The first-order chi connectivity index (χ1) is 9.70. The Morgan fingerprint density at radius 2 is 2.20 bits per heavy atom. The maximum absolute atomic E-state index is 12.2. The van der Waals surface area contributed by atoms with Crippen LogP contribution in [0, 0.1) is 0 Å². The van der Waals surface area contributed by atoms with E-state index in [4.69, 9.17) is 9.47 Å². The quantitative estimate of drug-likeness (QED) is 0.841. The molecule has 0 spiro atoms. The minimum Gasteiger partial charge on any atom is -0.376 e. The lowest BCUT2D eigenvalue weighted by atomic mass is 10.2. The van der Waals surface area contributed by atoms with Crippen molar-refractivity contribution in [1.29, 1.82) is 0 Å². The van der Waals surface area contributed by atoms with Crippen LogP contribution in [0.3, 0.4) is 0 Å². The number of carbonyl (C=O) groups excluding carboxylic acids is 1. The maximum atomic E-state index is 12.2. The van der Waals surface area contributed by atoms with Crippen molar-refractivity contribution >= 4 is 11.9 Å². The van der Waals surface area contributed by atoms with E-state index in [0.717, 1.165) is 6.54 Å². The van der Waals surface area contributed by atoms with E-state index in [1.165, 1.54) is 12.4 Å². The van der Waals surface area contributed by atoms with Crippen LogP contribution < -0.4 is 5.32 Å². The molecule has 1 fully saturated rings. The summed E-state index contributed by atoms with van der Waals surface area (Å²) in [5.74, 6) is 0.401. The van der Waals surface area contributed by atoms with Gasteiger partial charge in [0.05, 0.1) is 31.5 Å². The summed E-state index contributed by atoms with van der Waals surface area (Å²) in [5.41, 5.74) is 0.464. The van der Waals surface area contributed by atoms with Gasteiger partial charge in [-0.2, -0.15) is 0 Å². The summed E-state index contributed by atoms with van der Waals surface area (Å²) in [6.45, 7) is 4.91. The van der Waals surface area contributed by atoms with Crippen molar-refractivity contribution in [3.8, 4) is 0 Å². The fourth-order valence-electron chi connectivity index (χ4n) is 1.94. The van der Waals surface area contributed by atoms with Crippen LogP contribution in [0.25, 0.3) is 0 Å². The molecule has 1 atom stereocenters. The monoisotopic (exact) mass is 280 g/mol. The third kappa shape index (κ3) is 3.88. The molecule has 0 bridgehead atoms. The standard InChI is InChI=1S/C13H20N4O3/c1-3-14-13-15-6-10(7-16-13)12(18)17(2)8-11-9-19-4-5-20-11/h6-7,11H,3-5,8-9H2,1-2H3,(H,14,15,16). The van der Waals surface area contributed by atoms with Crippen LogP contribution in [-0.4, -0.2) is 66.8 Å². The summed E-state index contributed by atoms with van der Waals surface area (Å²) in [4.78, 5) is 22.0. The van der Waals surface area contributed by atoms with Crippen molar-refractivity contribution in [1.82, 2.24) is 14.9 Å². The predicted molar refractivity (Wildman–Crippen MR) is 73.7 cm³/mol. The zero-order valence-corrected chi connectivity index (χ0v) is 11.8. The second-order valence-corrected chi connectivity index (χ2v) is 4.58. The number of carbonyl (C=O) groups is 1. The van der Waals surface area contributed by atoms with E-state index >= 15 is 0 Å². The third-order valence-corrected chi connectivity index (χ3v) is 2.94. The van der Waals surface area contributed by atoms with Gasteiger partial charge in [-0.3, -0.25) is 4.79 Å². The molecular weight excluding hydrogens is 260 g/mol. The van der Waals surface area contributed by atoms with Crippen LogP contribution in [0.1, 0.15) is 17.3 Å². The van der Waals surface area contributed by atoms with E-state index in [-0.39, 0.29) is 12.0 Å². The van der Waals surface area contributed by atoms with Crippen LogP contribution in [0.2, 0.25) is 0 Å². The van der Waals surface area contributed by atoms with Gasteiger partial charge in [-0.05, 0) is 6.92 Å². The molecule has 7 heteroatoms. The second kappa shape index (κ2) is 7.16. The molecule has 1 aliphatic rings. The highest BCUT2D eigenvalue weighted by atomic mass is 16.6. The van der Waals surface area contributed by atoms with Gasteiger partial charge in [-0.15, -0.1) is 0 Å². The van der Waals surface area contributed by atoms with Crippen LogP contribution >= 0.6 is 0 Å². The molecule has 7 nitrogen and oxygen atoms in total. The lowest BCUT2D eigenvalue weighted by Crippen LogP contribution is -2.40. The summed E-state index contributed by atoms with van der Waals surface area (Å²) < 4.78 is 10.8. The molecule has 2 heterocycles. The van der Waals surface area contributed by atoms with Gasteiger partial charge < -0.3 is 19.7 Å². The van der Waals surface area contributed by atoms with E-state index < -0.39 is 0 Å². The minimum absolute atomic E-state index is 0.0698. The number of likely N-dealkylation sites (N-methyl/N-ethyl adjacent to an activating group) is 1. The smallest absolute Gasteiger partial charge is 0.256 e. The van der Waals surface area contributed by atoms with E-state index in [1.54, 1.807) is 11.9 Å². The molecule has 0 aliphatic carbocycles. The number of ether oxygens (including phenoxy) is 2. The van der Waals surface area contributed by atoms with Crippen molar-refractivity contribution < 1.29 is 14.3 Å². The van der Waals surface area contributed by atoms with Gasteiger partial charge in [0.15, 0.2) is 0 Å². The predicted octanol–water partition coefficient (Wildman–Crippen LogP) is 0.396. The van der Waals surface area contributed by atoms with E-state index in [9.17, 15) is 4.79 Å². The van der Waals surface area contributed by atoms with E-state index in [0.29, 0.717) is 37.9 Å². The van der Waals surface area contributed by atoms with E-state index in [1.807, 2.05) is 6.92 Å². The van der Waals surface area contributed by atoms with Gasteiger partial charge in [0, 0.05) is 32.5 Å². The molecule has 1 aromatic rings. The molecule has 1 N–H and O–H groups in total. The lowest BCUT2D eigenvalue weighted by molar-refractivity contribution is -0.0933. The topological polar surface area (TPSA) is 76.6 Å². The second-order valence-electron chi connectivity index (χ2n) is 4.58. The average molecular weight is 280 g/mol. The normalized spacial score (nSPS) is 18.6. The van der Waals surface area contributed by atoms with Crippen molar-refractivity contribution in [2.24, 2.45) is 0 Å². The number of rotatable bonds is 5. The van der Waals surface area contributed by atoms with Gasteiger partial charge in [0.25, 0.3) is 5.91 Å². The SMILES string of the molecule is CCNc1ncc(C(=O)N(C)CC2COCCO2)cn1. The molecule has 2 rings (SSSR count). The Kier molecular flexibility index (Phi) is 5.25. The van der Waals surface area contributed by atoms with Crippen LogP contribution in [-0.2, 0) is 9.47 Å². The number of hydrogen-bond acceptors (Lipinski definition) is 6. The van der Waals surface area contributed by atoms with Crippen LogP contribution in [0.5, 0.6) is 0 Å². The highest BCUT2D eigenvalue weighted by Crippen LogP contribution is 2.07. The zero-order chi connectivity index (χ0) is 14.4. The van der Waals surface area contributed by atoms with Crippen LogP contribution in [0.15, 0.2) is 12.4 Å². The Labute approximate surface area is 118 Å². The number of nitrogens with zero attached hydrogens (tertiary/aromatic N) is 3. The summed E-state index contributed by atoms with van der Waals surface area (Å²) in [6, 6.07) is 0. The fourth-order valence-corrected chi connectivity index (χ4v) is 1.94. The summed E-state index contributed by atoms with van der Waals surface area (Å²) in [6.07, 6.45) is 2.99. The molecule has 1 unspecified atom stereocenters. The molecule has 110 valence electrons. The summed E-state index contributed by atoms with van der Waals surface area (Å²) in [7, 11) is 1.73. The molecule has 0 radical (unpaired) electrons. The first-order valence-electron chi connectivity index (χ1n) is 6.71. The molecule has 1 saturated heterocycles. The van der Waals surface area contributed by atoms with Gasteiger partial charge in [0.2, 0.25) is 5.95 Å². The molecule has 20 heavy (non-hydrogen) atoms. The number of amides is 1. The molecule has 0 aromatic carbocycles. The van der Waals surface area contributed by atoms with Crippen LogP contribution in [0.4, 0.5) is 5.95 Å². The van der Waals surface area contributed by atoms with Crippen molar-refractivity contribution in [3.63, 3.8) is 0 Å². The summed E-state index contributed by atoms with van der Waals surface area (Å²) >= 11 is 0. The lowest BCUT2D eigenvalue weighted by Gasteiger charge is -2.27. The maximum Gasteiger partial charge on any atom is 0.256 e. The number of nitrogens with one attached hydrogen (secondary N) is 1. The van der Waals surface area contributed by atoms with E-state index in [2.05, 4.69) is 15.3 Å². The Hall–Kier alpha value is -1.73. The largest absolute Gasteiger partial charge is 0.376 e. The third-order valence-electron chi connectivity index (χ3n) is 2.94.